The molecule has 0 unspecified atom stereocenters. The van der Waals surface area contributed by atoms with Gasteiger partial charge in [0, 0.05) is 18.3 Å². The molecule has 5 heteroatoms. The zero-order valence-corrected chi connectivity index (χ0v) is 20.3. The number of hydrogen-bond acceptors (Lipinski definition) is 4. The molecule has 0 atom stereocenters. The number of ether oxygens (including phenoxy) is 1. The van der Waals surface area contributed by atoms with Gasteiger partial charge >= 0.3 is 0 Å². The van der Waals surface area contributed by atoms with Gasteiger partial charge in [-0.2, -0.15) is 0 Å². The molecule has 0 bridgehead atoms. The van der Waals surface area contributed by atoms with Crippen LogP contribution < -0.4 is 9.64 Å². The number of hydrogen-bond donors (Lipinski definition) is 0. The van der Waals surface area contributed by atoms with E-state index in [-0.39, 0.29) is 24.0 Å². The van der Waals surface area contributed by atoms with Crippen molar-refractivity contribution in [2.24, 2.45) is 0 Å². The van der Waals surface area contributed by atoms with Gasteiger partial charge in [0.15, 0.2) is 0 Å². The Morgan fingerprint density at radius 3 is 2.26 bits per heavy atom. The molecule has 3 aliphatic rings. The Bertz CT molecular complexity index is 1090. The van der Waals surface area contributed by atoms with Gasteiger partial charge in [-0.15, -0.1) is 0 Å². The molecule has 2 aliphatic heterocycles. The fraction of sp³-hybridized carbons (Fsp3) is 0.448. The van der Waals surface area contributed by atoms with Crippen molar-refractivity contribution >= 4 is 23.1 Å². The third-order valence-electron chi connectivity index (χ3n) is 7.18. The first-order valence-corrected chi connectivity index (χ1v) is 12.8. The highest BCUT2D eigenvalue weighted by molar-refractivity contribution is 6.37. The van der Waals surface area contributed by atoms with Crippen LogP contribution in [0.5, 0.6) is 5.75 Å². The molecule has 2 amide bonds. The standard InChI is InChI=1S/C29H34N2O3/c1-20(2)34-24-17-15-22(16-18-24)26-27(30-19-9-11-21-10-7-8-14-25(21)30)29(33)31(28(26)32)23-12-5-3-4-6-13-23/h7-8,10,14-18,20,23H,3-6,9,11-13,19H2,1-2H3. The number of para-hydroxylation sites is 1. The number of anilines is 1. The van der Waals surface area contributed by atoms with Crippen molar-refractivity contribution in [2.75, 3.05) is 11.4 Å². The van der Waals surface area contributed by atoms with Crippen LogP contribution >= 0.6 is 0 Å². The van der Waals surface area contributed by atoms with Crippen LogP contribution in [0.1, 0.15) is 69.9 Å². The average molecular weight is 459 g/mol. The quantitative estimate of drug-likeness (QED) is 0.424. The predicted octanol–water partition coefficient (Wildman–Crippen LogP) is 5.73. The Balaban J connectivity index is 1.59. The topological polar surface area (TPSA) is 49.9 Å². The molecule has 2 aromatic carbocycles. The van der Waals surface area contributed by atoms with Crippen LogP contribution in [0.2, 0.25) is 0 Å². The van der Waals surface area contributed by atoms with Crippen molar-refractivity contribution in [1.82, 2.24) is 4.90 Å². The predicted molar refractivity (Wildman–Crippen MR) is 135 cm³/mol. The fourth-order valence-electron chi connectivity index (χ4n) is 5.63. The molecular weight excluding hydrogens is 424 g/mol. The van der Waals surface area contributed by atoms with Gasteiger partial charge in [0.2, 0.25) is 0 Å². The molecule has 0 N–H and O–H groups in total. The Labute approximate surface area is 202 Å². The van der Waals surface area contributed by atoms with E-state index < -0.39 is 0 Å². The minimum absolute atomic E-state index is 0.0152. The normalized spacial score (nSPS) is 19.6. The van der Waals surface area contributed by atoms with Gasteiger partial charge in [0.05, 0.1) is 11.7 Å². The minimum Gasteiger partial charge on any atom is -0.491 e. The lowest BCUT2D eigenvalue weighted by Gasteiger charge is -2.33. The highest BCUT2D eigenvalue weighted by atomic mass is 16.5. The number of rotatable bonds is 5. The molecule has 0 spiro atoms. The summed E-state index contributed by atoms with van der Waals surface area (Å²) in [6.07, 6.45) is 8.32. The molecular formula is C29H34N2O3. The molecule has 5 nitrogen and oxygen atoms in total. The molecule has 2 heterocycles. The number of carbonyl (C=O) groups is 2. The summed E-state index contributed by atoms with van der Waals surface area (Å²) in [5.74, 6) is 0.486. The van der Waals surface area contributed by atoms with Crippen LogP contribution in [0.15, 0.2) is 54.2 Å². The summed E-state index contributed by atoms with van der Waals surface area (Å²) in [5.41, 5.74) is 4.13. The number of nitrogens with zero attached hydrogens (tertiary/aromatic N) is 2. The largest absolute Gasteiger partial charge is 0.491 e. The van der Waals surface area contributed by atoms with Crippen molar-refractivity contribution in [1.29, 1.82) is 0 Å². The van der Waals surface area contributed by atoms with Crippen LogP contribution in [-0.2, 0) is 16.0 Å². The zero-order chi connectivity index (χ0) is 23.7. The molecule has 1 saturated carbocycles. The average Bonchev–Trinajstić information content (AvgIpc) is 2.99. The van der Waals surface area contributed by atoms with Gasteiger partial charge in [0.1, 0.15) is 11.4 Å². The van der Waals surface area contributed by atoms with Crippen LogP contribution in [0.3, 0.4) is 0 Å². The van der Waals surface area contributed by atoms with Gasteiger partial charge < -0.3 is 9.64 Å². The lowest BCUT2D eigenvalue weighted by atomic mass is 9.98. The summed E-state index contributed by atoms with van der Waals surface area (Å²) < 4.78 is 5.81. The molecule has 2 aromatic rings. The summed E-state index contributed by atoms with van der Waals surface area (Å²) >= 11 is 0. The summed E-state index contributed by atoms with van der Waals surface area (Å²) in [5, 5.41) is 0. The van der Waals surface area contributed by atoms with E-state index in [9.17, 15) is 9.59 Å². The summed E-state index contributed by atoms with van der Waals surface area (Å²) in [6.45, 7) is 4.72. The van der Waals surface area contributed by atoms with Crippen molar-refractivity contribution in [3.8, 4) is 5.75 Å². The van der Waals surface area contributed by atoms with E-state index in [1.165, 1.54) is 18.4 Å². The van der Waals surface area contributed by atoms with Crippen molar-refractivity contribution in [2.45, 2.75) is 77.4 Å². The number of carbonyl (C=O) groups excluding carboxylic acids is 2. The smallest absolute Gasteiger partial charge is 0.278 e. The number of amides is 2. The zero-order valence-electron chi connectivity index (χ0n) is 20.3. The second-order valence-corrected chi connectivity index (χ2v) is 9.92. The minimum atomic E-state index is -0.146. The second kappa shape index (κ2) is 9.65. The molecule has 178 valence electrons. The van der Waals surface area contributed by atoms with Crippen LogP contribution in [0, 0.1) is 0 Å². The third-order valence-corrected chi connectivity index (χ3v) is 7.18. The molecule has 1 fully saturated rings. The molecule has 0 saturated heterocycles. The van der Waals surface area contributed by atoms with Crippen molar-refractivity contribution in [3.05, 3.63) is 65.4 Å². The van der Waals surface area contributed by atoms with Gasteiger partial charge in [0.25, 0.3) is 11.8 Å². The lowest BCUT2D eigenvalue weighted by Crippen LogP contribution is -2.43. The molecule has 0 aromatic heterocycles. The monoisotopic (exact) mass is 458 g/mol. The van der Waals surface area contributed by atoms with Gasteiger partial charge in [-0.05, 0) is 68.9 Å². The van der Waals surface area contributed by atoms with E-state index in [4.69, 9.17) is 4.74 Å². The van der Waals surface area contributed by atoms with Gasteiger partial charge in [-0.25, -0.2) is 0 Å². The van der Waals surface area contributed by atoms with E-state index >= 15 is 0 Å². The van der Waals surface area contributed by atoms with Crippen LogP contribution in [0.25, 0.3) is 5.57 Å². The van der Waals surface area contributed by atoms with E-state index in [1.807, 2.05) is 50.2 Å². The first-order chi connectivity index (χ1) is 16.5. The van der Waals surface area contributed by atoms with Crippen LogP contribution in [0.4, 0.5) is 5.69 Å². The molecule has 1 aliphatic carbocycles. The maximum atomic E-state index is 14.0. The highest BCUT2D eigenvalue weighted by Crippen LogP contribution is 2.40. The van der Waals surface area contributed by atoms with Gasteiger partial charge in [-0.3, -0.25) is 14.5 Å². The van der Waals surface area contributed by atoms with Crippen molar-refractivity contribution < 1.29 is 14.3 Å². The number of imide groups is 1. The third kappa shape index (κ3) is 4.24. The second-order valence-electron chi connectivity index (χ2n) is 9.92. The summed E-state index contributed by atoms with van der Waals surface area (Å²) in [7, 11) is 0. The Hall–Kier alpha value is -3.08. The molecule has 0 radical (unpaired) electrons. The first-order valence-electron chi connectivity index (χ1n) is 12.8. The maximum absolute atomic E-state index is 14.0. The van der Waals surface area contributed by atoms with Gasteiger partial charge in [-0.1, -0.05) is 56.0 Å². The summed E-state index contributed by atoms with van der Waals surface area (Å²) in [6, 6.07) is 15.9. The lowest BCUT2D eigenvalue weighted by molar-refractivity contribution is -0.139. The van der Waals surface area contributed by atoms with E-state index in [2.05, 4.69) is 17.0 Å². The molecule has 34 heavy (non-hydrogen) atoms. The SMILES string of the molecule is CC(C)Oc1ccc(C2=C(N3CCCc4ccccc43)C(=O)N(C3CCCCCC3)C2=O)cc1. The summed E-state index contributed by atoms with van der Waals surface area (Å²) in [4.78, 5) is 31.6. The first kappa shape index (κ1) is 22.7. The number of benzene rings is 2. The molecule has 5 rings (SSSR count). The van der Waals surface area contributed by atoms with Crippen LogP contribution in [-0.4, -0.2) is 35.4 Å². The number of aryl methyl sites for hydroxylation is 1. The number of fused-ring (bicyclic) bond motifs is 1. The highest BCUT2D eigenvalue weighted by Gasteiger charge is 2.45. The van der Waals surface area contributed by atoms with Crippen molar-refractivity contribution in [3.63, 3.8) is 0 Å². The Kier molecular flexibility index (Phi) is 6.44. The Morgan fingerprint density at radius 1 is 0.853 bits per heavy atom. The maximum Gasteiger partial charge on any atom is 0.278 e. The fourth-order valence-corrected chi connectivity index (χ4v) is 5.63. The van der Waals surface area contributed by atoms with E-state index in [0.717, 1.165) is 62.1 Å². The Morgan fingerprint density at radius 2 is 1.56 bits per heavy atom. The van der Waals surface area contributed by atoms with E-state index in [0.29, 0.717) is 11.3 Å². The van der Waals surface area contributed by atoms with E-state index in [1.54, 1.807) is 4.90 Å².